The predicted molar refractivity (Wildman–Crippen MR) is 227 cm³/mol. The van der Waals surface area contributed by atoms with Crippen LogP contribution >= 0.6 is 11.8 Å². The summed E-state index contributed by atoms with van der Waals surface area (Å²) in [6, 6.07) is 34.9. The van der Waals surface area contributed by atoms with Gasteiger partial charge in [0.05, 0.1) is 0 Å². The van der Waals surface area contributed by atoms with Crippen molar-refractivity contribution in [2.75, 3.05) is 4.90 Å². The minimum absolute atomic E-state index is 0.783. The Morgan fingerprint density at radius 2 is 1.54 bits per heavy atom. The lowest BCUT2D eigenvalue weighted by Crippen LogP contribution is -2.14. The van der Waals surface area contributed by atoms with E-state index in [2.05, 4.69) is 182 Å². The zero-order valence-corrected chi connectivity index (χ0v) is 31.1. The summed E-state index contributed by atoms with van der Waals surface area (Å²) < 4.78 is 0. The molecule has 258 valence electrons. The minimum atomic E-state index is 0.783. The number of nitrogens with zero attached hydrogens (tertiary/aromatic N) is 3. The van der Waals surface area contributed by atoms with Crippen molar-refractivity contribution in [2.45, 2.75) is 44.9 Å². The molecule has 0 radical (unpaired) electrons. The van der Waals surface area contributed by atoms with Gasteiger partial charge in [-0.25, -0.2) is 0 Å². The Morgan fingerprint density at radius 1 is 0.788 bits per heavy atom. The van der Waals surface area contributed by atoms with Gasteiger partial charge in [-0.15, -0.1) is 6.58 Å². The molecule has 0 fully saturated rings. The molecule has 1 aromatic heterocycles. The van der Waals surface area contributed by atoms with Crippen molar-refractivity contribution in [2.24, 2.45) is 4.99 Å². The van der Waals surface area contributed by atoms with Gasteiger partial charge in [-0.05, 0) is 119 Å². The van der Waals surface area contributed by atoms with Crippen molar-refractivity contribution in [1.29, 1.82) is 0 Å². The van der Waals surface area contributed by atoms with E-state index in [1.165, 1.54) is 43.0 Å². The van der Waals surface area contributed by atoms with E-state index in [0.717, 1.165) is 47.3 Å². The standard InChI is InChI=1S/C48H45N3S/c1-5-6-30-49-31-11-7-8-12-39-18-24-45(25-19-39)51(46-26-22-40(23-27-46)41-20-21-44-35-50-32-29-42(44)33-41)38(4)17-15-36(2)37(3)16-28-47-34-43-13-9-10-14-48(43)52-47/h5,8-33,35H,1,6-7,34H2,2-4H3/b12-8+,31-11-,36-15+,37-16+,38-17+,47-28+,49-30-. The zero-order valence-electron chi connectivity index (χ0n) is 30.2. The molecule has 1 aliphatic heterocycles. The quantitative estimate of drug-likeness (QED) is 0.0697. The molecule has 0 spiro atoms. The average molecular weight is 696 g/mol. The number of benzene rings is 4. The molecule has 0 amide bonds. The molecular weight excluding hydrogens is 651 g/mol. The molecule has 1 aliphatic rings. The van der Waals surface area contributed by atoms with Crippen LogP contribution in [-0.4, -0.2) is 11.2 Å². The lowest BCUT2D eigenvalue weighted by atomic mass is 10.0. The topological polar surface area (TPSA) is 28.5 Å². The Balaban J connectivity index is 1.23. The Bertz CT molecular complexity index is 2200. The molecule has 0 saturated heterocycles. The van der Waals surface area contributed by atoms with E-state index in [4.69, 9.17) is 0 Å². The predicted octanol–water partition coefficient (Wildman–Crippen LogP) is 13.6. The first-order chi connectivity index (χ1) is 25.5. The van der Waals surface area contributed by atoms with Crippen molar-refractivity contribution in [3.8, 4) is 11.1 Å². The number of rotatable bonds is 13. The lowest BCUT2D eigenvalue weighted by Gasteiger charge is -2.26. The second-order valence-electron chi connectivity index (χ2n) is 12.8. The number of allylic oxidation sites excluding steroid dienone is 11. The molecule has 3 nitrogen and oxygen atoms in total. The van der Waals surface area contributed by atoms with Crippen molar-refractivity contribution in [3.05, 3.63) is 198 Å². The smallest absolute Gasteiger partial charge is 0.0458 e. The Morgan fingerprint density at radius 3 is 2.33 bits per heavy atom. The molecular formula is C48H45N3S. The van der Waals surface area contributed by atoms with Crippen molar-refractivity contribution >= 4 is 46.2 Å². The molecule has 4 heteroatoms. The fourth-order valence-corrected chi connectivity index (χ4v) is 7.03. The van der Waals surface area contributed by atoms with Crippen molar-refractivity contribution < 1.29 is 0 Å². The van der Waals surface area contributed by atoms with Crippen LogP contribution < -0.4 is 4.90 Å². The van der Waals surface area contributed by atoms with Crippen LogP contribution in [0.15, 0.2) is 196 Å². The highest BCUT2D eigenvalue weighted by molar-refractivity contribution is 8.03. The van der Waals surface area contributed by atoms with E-state index in [0.29, 0.717) is 0 Å². The molecule has 5 aromatic rings. The van der Waals surface area contributed by atoms with E-state index < -0.39 is 0 Å². The third kappa shape index (κ3) is 9.54. The minimum Gasteiger partial charge on any atom is -0.315 e. The number of fused-ring (bicyclic) bond motifs is 2. The highest BCUT2D eigenvalue weighted by atomic mass is 32.2. The van der Waals surface area contributed by atoms with Gasteiger partial charge in [0.2, 0.25) is 0 Å². The molecule has 0 N–H and O–H groups in total. The highest BCUT2D eigenvalue weighted by Crippen LogP contribution is 2.40. The zero-order chi connectivity index (χ0) is 36.1. The van der Waals surface area contributed by atoms with Crippen LogP contribution in [0.5, 0.6) is 0 Å². The maximum absolute atomic E-state index is 4.26. The van der Waals surface area contributed by atoms with Gasteiger partial charge in [0.15, 0.2) is 0 Å². The second-order valence-corrected chi connectivity index (χ2v) is 14.0. The molecule has 0 aliphatic carbocycles. The second kappa shape index (κ2) is 18.0. The molecule has 2 heterocycles. The summed E-state index contributed by atoms with van der Waals surface area (Å²) in [5.41, 5.74) is 10.8. The number of hydrogen-bond donors (Lipinski definition) is 0. The first-order valence-corrected chi connectivity index (χ1v) is 18.6. The Labute approximate surface area is 313 Å². The summed E-state index contributed by atoms with van der Waals surface area (Å²) in [5, 5.41) is 2.33. The van der Waals surface area contributed by atoms with E-state index >= 15 is 0 Å². The van der Waals surface area contributed by atoms with Crippen LogP contribution in [0.3, 0.4) is 0 Å². The van der Waals surface area contributed by atoms with Crippen LogP contribution in [0.4, 0.5) is 11.4 Å². The normalized spacial score (nSPS) is 14.7. The molecule has 0 unspecified atom stereocenters. The molecule has 6 rings (SSSR count). The van der Waals surface area contributed by atoms with E-state index in [-0.39, 0.29) is 0 Å². The van der Waals surface area contributed by atoms with Crippen LogP contribution in [0.2, 0.25) is 0 Å². The SMILES string of the molecule is C=CC/C=N\C=C/C/C=C/c1ccc(N(/C(C)=C/C=C(C)/C(C)=C/C=C2\Cc3ccccc3S2)c2ccc(-c3ccc4cnccc4c3)cc2)cc1. The van der Waals surface area contributed by atoms with Gasteiger partial charge in [0.1, 0.15) is 0 Å². The monoisotopic (exact) mass is 695 g/mol. The summed E-state index contributed by atoms with van der Waals surface area (Å²) in [5.74, 6) is 0. The summed E-state index contributed by atoms with van der Waals surface area (Å²) in [7, 11) is 0. The molecule has 0 atom stereocenters. The number of aliphatic imine (C=N–C) groups is 1. The first-order valence-electron chi connectivity index (χ1n) is 17.8. The van der Waals surface area contributed by atoms with Crippen LogP contribution in [-0.2, 0) is 6.42 Å². The Kier molecular flexibility index (Phi) is 12.5. The van der Waals surface area contributed by atoms with Gasteiger partial charge in [-0.3, -0.25) is 9.98 Å². The van der Waals surface area contributed by atoms with Crippen molar-refractivity contribution in [3.63, 3.8) is 0 Å². The number of anilines is 2. The van der Waals surface area contributed by atoms with E-state index in [1.807, 2.05) is 42.6 Å². The molecule has 0 bridgehead atoms. The summed E-state index contributed by atoms with van der Waals surface area (Å²) in [6.07, 6.45) is 27.2. The maximum atomic E-state index is 4.26. The van der Waals surface area contributed by atoms with Gasteiger partial charge in [-0.1, -0.05) is 109 Å². The summed E-state index contributed by atoms with van der Waals surface area (Å²) >= 11 is 1.88. The third-order valence-electron chi connectivity index (χ3n) is 9.05. The van der Waals surface area contributed by atoms with Gasteiger partial charge < -0.3 is 4.90 Å². The van der Waals surface area contributed by atoms with Crippen LogP contribution in [0.25, 0.3) is 28.0 Å². The number of aromatic nitrogens is 1. The van der Waals surface area contributed by atoms with Crippen LogP contribution in [0.1, 0.15) is 44.7 Å². The van der Waals surface area contributed by atoms with E-state index in [9.17, 15) is 0 Å². The number of hydrogen-bond acceptors (Lipinski definition) is 4. The van der Waals surface area contributed by atoms with Crippen LogP contribution in [0, 0.1) is 0 Å². The summed E-state index contributed by atoms with van der Waals surface area (Å²) in [6.45, 7) is 10.3. The number of pyridine rings is 1. The molecule has 4 aromatic carbocycles. The fourth-order valence-electron chi connectivity index (χ4n) is 5.97. The summed E-state index contributed by atoms with van der Waals surface area (Å²) in [4.78, 5) is 13.6. The van der Waals surface area contributed by atoms with Crippen molar-refractivity contribution in [1.82, 2.24) is 4.98 Å². The van der Waals surface area contributed by atoms with E-state index in [1.54, 1.807) is 0 Å². The van der Waals surface area contributed by atoms with Gasteiger partial charge in [0.25, 0.3) is 0 Å². The molecule has 52 heavy (non-hydrogen) atoms. The van der Waals surface area contributed by atoms with Gasteiger partial charge in [-0.2, -0.15) is 0 Å². The largest absolute Gasteiger partial charge is 0.315 e. The fraction of sp³-hybridized carbons (Fsp3) is 0.125. The van der Waals surface area contributed by atoms with Gasteiger partial charge >= 0.3 is 0 Å². The lowest BCUT2D eigenvalue weighted by molar-refractivity contribution is 1.15. The third-order valence-corrected chi connectivity index (χ3v) is 10.2. The first kappa shape index (κ1) is 36.1. The maximum Gasteiger partial charge on any atom is 0.0458 e. The Hall–Kier alpha value is -5.71. The molecule has 0 saturated carbocycles. The highest BCUT2D eigenvalue weighted by Gasteiger charge is 2.15. The average Bonchev–Trinajstić information content (AvgIpc) is 3.61. The number of thioether (sulfide) groups is 1. The van der Waals surface area contributed by atoms with Gasteiger partial charge in [0, 0.05) is 65.0 Å².